The predicted molar refractivity (Wildman–Crippen MR) is 131 cm³/mol. The summed E-state index contributed by atoms with van der Waals surface area (Å²) in [6.45, 7) is 0.106. The Morgan fingerprint density at radius 3 is 2.63 bits per heavy atom. The fourth-order valence-corrected chi connectivity index (χ4v) is 6.52. The van der Waals surface area contributed by atoms with E-state index in [0.717, 1.165) is 16.8 Å². The second-order valence-corrected chi connectivity index (χ2v) is 11.0. The molecule has 1 saturated heterocycles. The Balaban J connectivity index is 1.57. The second-order valence-electron chi connectivity index (χ2n) is 7.28. The predicted octanol–water partition coefficient (Wildman–Crippen LogP) is 4.27. The summed E-state index contributed by atoms with van der Waals surface area (Å²) >= 11 is 13.5. The van der Waals surface area contributed by atoms with Crippen molar-refractivity contribution in [3.05, 3.63) is 62.8 Å². The first-order valence-electron chi connectivity index (χ1n) is 10.1. The Hall–Kier alpha value is -2.72. The van der Waals surface area contributed by atoms with E-state index in [-0.39, 0.29) is 57.4 Å². The van der Waals surface area contributed by atoms with Crippen molar-refractivity contribution in [2.24, 2.45) is 0 Å². The molecule has 3 aromatic rings. The van der Waals surface area contributed by atoms with E-state index in [4.69, 9.17) is 32.7 Å². The van der Waals surface area contributed by atoms with Crippen LogP contribution in [0.4, 0.5) is 0 Å². The Morgan fingerprint density at radius 1 is 1.23 bits per heavy atom. The van der Waals surface area contributed by atoms with E-state index in [9.17, 15) is 23.6 Å². The van der Waals surface area contributed by atoms with Gasteiger partial charge in [-0.25, -0.2) is 18.2 Å². The number of sulfonamides is 1. The third kappa shape index (κ3) is 5.28. The van der Waals surface area contributed by atoms with Crippen molar-refractivity contribution in [1.29, 1.82) is 5.26 Å². The number of morpholine rings is 1. The molecule has 0 spiro atoms. The van der Waals surface area contributed by atoms with E-state index in [1.54, 1.807) is 12.1 Å². The number of carbonyl (C=O) groups is 1. The van der Waals surface area contributed by atoms with Crippen molar-refractivity contribution in [3.8, 4) is 6.07 Å². The van der Waals surface area contributed by atoms with Gasteiger partial charge in [-0.1, -0.05) is 35.3 Å². The zero-order chi connectivity index (χ0) is 25.2. The number of aliphatic hydroxyl groups excluding tert-OH is 1. The molecule has 35 heavy (non-hydrogen) atoms. The van der Waals surface area contributed by atoms with Gasteiger partial charge in [-0.2, -0.15) is 9.57 Å². The summed E-state index contributed by atoms with van der Waals surface area (Å²) in [4.78, 5) is 16.7. The lowest BCUT2D eigenvalue weighted by Gasteiger charge is -2.26. The van der Waals surface area contributed by atoms with Gasteiger partial charge < -0.3 is 14.6 Å². The van der Waals surface area contributed by atoms with Crippen LogP contribution in [0.15, 0.2) is 47.1 Å². The van der Waals surface area contributed by atoms with Gasteiger partial charge in [-0.05, 0) is 24.3 Å². The van der Waals surface area contributed by atoms with Crippen molar-refractivity contribution >= 4 is 66.3 Å². The number of rotatable bonds is 6. The normalized spacial score (nSPS) is 15.5. The fourth-order valence-electron chi connectivity index (χ4n) is 3.31. The molecule has 0 aliphatic carbocycles. The molecule has 0 radical (unpaired) electrons. The van der Waals surface area contributed by atoms with Crippen LogP contribution in [0, 0.1) is 11.3 Å². The van der Waals surface area contributed by atoms with Gasteiger partial charge in [0.1, 0.15) is 28.2 Å². The molecule has 182 valence electrons. The molecule has 1 aromatic heterocycles. The first-order valence-corrected chi connectivity index (χ1v) is 13.2. The highest BCUT2D eigenvalue weighted by Gasteiger charge is 2.30. The average Bonchev–Trinajstić information content (AvgIpc) is 3.27. The number of hydrogen-bond acceptors (Lipinski definition) is 9. The van der Waals surface area contributed by atoms with Crippen LogP contribution in [0.1, 0.15) is 15.4 Å². The minimum absolute atomic E-state index is 0.129. The van der Waals surface area contributed by atoms with Crippen LogP contribution < -0.4 is 0 Å². The summed E-state index contributed by atoms with van der Waals surface area (Å²) in [6, 6.07) is 11.3. The third-order valence-corrected chi connectivity index (χ3v) is 8.81. The number of aliphatic hydroxyl groups is 1. The summed E-state index contributed by atoms with van der Waals surface area (Å²) < 4.78 is 38.4. The van der Waals surface area contributed by atoms with E-state index < -0.39 is 28.4 Å². The zero-order valence-corrected chi connectivity index (χ0v) is 21.0. The smallest absolute Gasteiger partial charge is 0.340 e. The molecule has 0 amide bonds. The highest BCUT2D eigenvalue weighted by molar-refractivity contribution is 7.89. The van der Waals surface area contributed by atoms with E-state index in [2.05, 4.69) is 4.98 Å². The molecule has 1 aliphatic rings. The van der Waals surface area contributed by atoms with Crippen molar-refractivity contribution in [2.45, 2.75) is 4.90 Å². The van der Waals surface area contributed by atoms with Gasteiger partial charge in [0.15, 0.2) is 5.76 Å². The quantitative estimate of drug-likeness (QED) is 0.272. The number of benzene rings is 2. The Kier molecular flexibility index (Phi) is 7.61. The minimum atomic E-state index is -4.02. The minimum Gasteiger partial charge on any atom is -0.507 e. The van der Waals surface area contributed by atoms with Crippen LogP contribution in [0.5, 0.6) is 0 Å². The lowest BCUT2D eigenvalue weighted by Crippen LogP contribution is -2.40. The lowest BCUT2D eigenvalue weighted by molar-refractivity contribution is 0.0502. The average molecular weight is 554 g/mol. The number of thiazole rings is 1. The Bertz CT molecular complexity index is 1440. The van der Waals surface area contributed by atoms with Gasteiger partial charge in [-0.3, -0.25) is 0 Å². The highest BCUT2D eigenvalue weighted by atomic mass is 35.5. The lowest BCUT2D eigenvalue weighted by atomic mass is 10.2. The van der Waals surface area contributed by atoms with Crippen LogP contribution in [0.25, 0.3) is 15.8 Å². The number of nitriles is 1. The van der Waals surface area contributed by atoms with Crippen molar-refractivity contribution in [3.63, 3.8) is 0 Å². The summed E-state index contributed by atoms with van der Waals surface area (Å²) in [7, 11) is -4.02. The van der Waals surface area contributed by atoms with Gasteiger partial charge in [0.25, 0.3) is 0 Å². The van der Waals surface area contributed by atoms with Crippen molar-refractivity contribution in [2.75, 3.05) is 32.9 Å². The summed E-state index contributed by atoms with van der Waals surface area (Å²) in [5, 5.41) is 19.9. The van der Waals surface area contributed by atoms with Gasteiger partial charge >= 0.3 is 5.97 Å². The largest absolute Gasteiger partial charge is 0.507 e. The number of fused-ring (bicyclic) bond motifs is 1. The van der Waals surface area contributed by atoms with Crippen LogP contribution in [-0.2, 0) is 19.5 Å². The number of nitrogens with zero attached hydrogens (tertiary/aromatic N) is 3. The Morgan fingerprint density at radius 2 is 1.94 bits per heavy atom. The molecular formula is C22H17Cl2N3O6S2. The van der Waals surface area contributed by atoms with E-state index in [0.29, 0.717) is 5.52 Å². The first kappa shape index (κ1) is 25.4. The molecule has 13 heteroatoms. The molecule has 0 atom stereocenters. The summed E-state index contributed by atoms with van der Waals surface area (Å²) in [5.41, 5.74) is 0.262. The Labute approximate surface area is 214 Å². The number of ether oxygens (including phenoxy) is 2. The van der Waals surface area contributed by atoms with Crippen molar-refractivity contribution < 1.29 is 27.8 Å². The van der Waals surface area contributed by atoms with Gasteiger partial charge in [0, 0.05) is 13.1 Å². The SMILES string of the molecule is N#CC(=C(O)COC(=O)c1cc(S(=O)(=O)N2CCOCC2)c(Cl)cc1Cl)c1nc2ccccc2s1. The van der Waals surface area contributed by atoms with Gasteiger partial charge in [0.05, 0.1) is 39.0 Å². The van der Waals surface area contributed by atoms with E-state index >= 15 is 0 Å². The molecule has 0 unspecified atom stereocenters. The number of para-hydroxylation sites is 1. The van der Waals surface area contributed by atoms with Crippen LogP contribution in [0.2, 0.25) is 10.0 Å². The fraction of sp³-hybridized carbons (Fsp3) is 0.227. The number of allylic oxidation sites excluding steroid dienone is 1. The van der Waals surface area contributed by atoms with Gasteiger partial charge in [0.2, 0.25) is 10.0 Å². The van der Waals surface area contributed by atoms with Crippen molar-refractivity contribution in [1.82, 2.24) is 9.29 Å². The molecule has 0 saturated carbocycles. The molecule has 9 nitrogen and oxygen atoms in total. The standard InChI is InChI=1S/C22H17Cl2N3O6S2/c23-15-10-16(24)20(35(30,31)27-5-7-32-8-6-27)9-13(15)22(29)33-12-18(28)14(11-25)21-26-17-3-1-2-4-19(17)34-21/h1-4,9-10,28H,5-8,12H2. The molecule has 1 fully saturated rings. The maximum Gasteiger partial charge on any atom is 0.340 e. The van der Waals surface area contributed by atoms with E-state index in [1.165, 1.54) is 15.6 Å². The summed E-state index contributed by atoms with van der Waals surface area (Å²) in [6.07, 6.45) is 0. The molecule has 1 N–H and O–H groups in total. The molecule has 2 aromatic carbocycles. The molecule has 0 bridgehead atoms. The topological polar surface area (TPSA) is 130 Å². The highest BCUT2D eigenvalue weighted by Crippen LogP contribution is 2.32. The molecule has 1 aliphatic heterocycles. The second kappa shape index (κ2) is 10.5. The number of aromatic nitrogens is 1. The maximum absolute atomic E-state index is 13.0. The maximum atomic E-state index is 13.0. The first-order chi connectivity index (χ1) is 16.7. The third-order valence-electron chi connectivity index (χ3n) is 5.08. The number of halogens is 2. The molecule has 4 rings (SSSR count). The van der Waals surface area contributed by atoms with Crippen LogP contribution in [-0.4, -0.2) is 61.7 Å². The molecular weight excluding hydrogens is 537 g/mol. The summed E-state index contributed by atoms with van der Waals surface area (Å²) in [5.74, 6) is -1.51. The van der Waals surface area contributed by atoms with Gasteiger partial charge in [-0.15, -0.1) is 11.3 Å². The van der Waals surface area contributed by atoms with Crippen LogP contribution >= 0.6 is 34.5 Å². The van der Waals surface area contributed by atoms with Crippen LogP contribution in [0.3, 0.4) is 0 Å². The zero-order valence-electron chi connectivity index (χ0n) is 17.9. The van der Waals surface area contributed by atoms with E-state index in [1.807, 2.05) is 18.2 Å². The number of hydrogen-bond donors (Lipinski definition) is 1. The number of esters is 1. The monoisotopic (exact) mass is 553 g/mol. The molecule has 2 heterocycles. The number of carbonyl (C=O) groups excluding carboxylic acids is 1.